The van der Waals surface area contributed by atoms with Gasteiger partial charge in [0.05, 0.1) is 16.8 Å². The first-order valence-electron chi connectivity index (χ1n) is 7.64. The maximum absolute atomic E-state index is 12.2. The summed E-state index contributed by atoms with van der Waals surface area (Å²) >= 11 is 1.51. The molecule has 1 saturated heterocycles. The first kappa shape index (κ1) is 15.4. The summed E-state index contributed by atoms with van der Waals surface area (Å²) in [5.41, 5.74) is 2.11. The SMILES string of the molecule is Cc1ccc2nc(NC(=O)CN3CCCC(CO)C3)sc2c1. The van der Waals surface area contributed by atoms with Crippen molar-refractivity contribution >= 4 is 32.6 Å². The van der Waals surface area contributed by atoms with Gasteiger partial charge in [-0.05, 0) is 49.9 Å². The lowest BCUT2D eigenvalue weighted by Gasteiger charge is -2.30. The van der Waals surface area contributed by atoms with Crippen LogP contribution in [0.15, 0.2) is 18.2 Å². The fourth-order valence-electron chi connectivity index (χ4n) is 2.89. The second kappa shape index (κ2) is 6.73. The molecule has 1 aliphatic rings. The molecule has 6 heteroatoms. The Bertz CT molecular complexity index is 670. The van der Waals surface area contributed by atoms with E-state index in [1.807, 2.05) is 19.1 Å². The van der Waals surface area contributed by atoms with Crippen LogP contribution < -0.4 is 5.32 Å². The summed E-state index contributed by atoms with van der Waals surface area (Å²) in [5.74, 6) is 0.265. The maximum atomic E-state index is 12.2. The van der Waals surface area contributed by atoms with Gasteiger partial charge in [0.15, 0.2) is 5.13 Å². The van der Waals surface area contributed by atoms with Gasteiger partial charge in [0.25, 0.3) is 0 Å². The number of nitrogens with zero attached hydrogens (tertiary/aromatic N) is 2. The molecule has 1 atom stereocenters. The number of fused-ring (bicyclic) bond motifs is 1. The van der Waals surface area contributed by atoms with Crippen molar-refractivity contribution in [1.82, 2.24) is 9.88 Å². The summed E-state index contributed by atoms with van der Waals surface area (Å²) in [7, 11) is 0. The molecule has 1 aromatic heterocycles. The molecule has 3 rings (SSSR count). The van der Waals surface area contributed by atoms with E-state index >= 15 is 0 Å². The first-order chi connectivity index (χ1) is 10.6. The first-order valence-corrected chi connectivity index (χ1v) is 8.46. The van der Waals surface area contributed by atoms with Crippen molar-refractivity contribution in [2.75, 3.05) is 31.6 Å². The molecule has 1 amide bonds. The number of anilines is 1. The number of benzene rings is 1. The molecular formula is C16H21N3O2S. The Morgan fingerprint density at radius 2 is 2.41 bits per heavy atom. The van der Waals surface area contributed by atoms with Gasteiger partial charge in [-0.15, -0.1) is 0 Å². The van der Waals surface area contributed by atoms with E-state index in [4.69, 9.17) is 0 Å². The Morgan fingerprint density at radius 3 is 3.23 bits per heavy atom. The molecule has 2 aromatic rings. The van der Waals surface area contributed by atoms with Crippen LogP contribution >= 0.6 is 11.3 Å². The van der Waals surface area contributed by atoms with Crippen molar-refractivity contribution in [3.63, 3.8) is 0 Å². The standard InChI is InChI=1S/C16H21N3O2S/c1-11-4-5-13-14(7-11)22-16(17-13)18-15(21)9-19-6-2-3-12(8-19)10-20/h4-5,7,12,20H,2-3,6,8-10H2,1H3,(H,17,18,21). The van der Waals surface area contributed by atoms with Gasteiger partial charge in [-0.3, -0.25) is 9.69 Å². The van der Waals surface area contributed by atoms with E-state index in [0.29, 0.717) is 17.6 Å². The molecule has 22 heavy (non-hydrogen) atoms. The second-order valence-electron chi connectivity index (χ2n) is 5.96. The zero-order chi connectivity index (χ0) is 15.5. The zero-order valence-electron chi connectivity index (χ0n) is 12.7. The molecule has 1 aromatic carbocycles. The largest absolute Gasteiger partial charge is 0.396 e. The molecule has 1 fully saturated rings. The van der Waals surface area contributed by atoms with E-state index in [1.165, 1.54) is 16.9 Å². The Morgan fingerprint density at radius 1 is 1.55 bits per heavy atom. The smallest absolute Gasteiger partial charge is 0.240 e. The molecule has 118 valence electrons. The van der Waals surface area contributed by atoms with Gasteiger partial charge < -0.3 is 10.4 Å². The summed E-state index contributed by atoms with van der Waals surface area (Å²) in [4.78, 5) is 18.7. The van der Waals surface area contributed by atoms with Crippen molar-refractivity contribution in [3.8, 4) is 0 Å². The zero-order valence-corrected chi connectivity index (χ0v) is 13.5. The number of thiazole rings is 1. The Hall–Kier alpha value is -1.50. The van der Waals surface area contributed by atoms with E-state index in [0.717, 1.165) is 36.1 Å². The van der Waals surface area contributed by atoms with Crippen LogP contribution in [0.25, 0.3) is 10.2 Å². The summed E-state index contributed by atoms with van der Waals surface area (Å²) < 4.78 is 1.09. The Kier molecular flexibility index (Phi) is 4.71. The van der Waals surface area contributed by atoms with Crippen molar-refractivity contribution in [2.24, 2.45) is 5.92 Å². The van der Waals surface area contributed by atoms with Gasteiger partial charge in [-0.25, -0.2) is 4.98 Å². The van der Waals surface area contributed by atoms with Crippen LogP contribution in [0.5, 0.6) is 0 Å². The lowest BCUT2D eigenvalue weighted by molar-refractivity contribution is -0.117. The molecular weight excluding hydrogens is 298 g/mol. The summed E-state index contributed by atoms with van der Waals surface area (Å²) in [6.45, 7) is 4.33. The van der Waals surface area contributed by atoms with Crippen LogP contribution in [0, 0.1) is 12.8 Å². The van der Waals surface area contributed by atoms with Crippen LogP contribution in [0.2, 0.25) is 0 Å². The number of hydrogen-bond donors (Lipinski definition) is 2. The topological polar surface area (TPSA) is 65.5 Å². The molecule has 5 nitrogen and oxygen atoms in total. The highest BCUT2D eigenvalue weighted by Crippen LogP contribution is 2.26. The minimum atomic E-state index is -0.0330. The predicted molar refractivity (Wildman–Crippen MR) is 89.2 cm³/mol. The fraction of sp³-hybridized carbons (Fsp3) is 0.500. The highest BCUT2D eigenvalue weighted by Gasteiger charge is 2.21. The van der Waals surface area contributed by atoms with Gasteiger partial charge in [0.1, 0.15) is 0 Å². The van der Waals surface area contributed by atoms with Gasteiger partial charge in [0.2, 0.25) is 5.91 Å². The van der Waals surface area contributed by atoms with E-state index in [-0.39, 0.29) is 12.5 Å². The maximum Gasteiger partial charge on any atom is 0.240 e. The fourth-order valence-corrected chi connectivity index (χ4v) is 3.87. The molecule has 0 radical (unpaired) electrons. The molecule has 2 N–H and O–H groups in total. The number of piperidine rings is 1. The monoisotopic (exact) mass is 319 g/mol. The van der Waals surface area contributed by atoms with Crippen molar-refractivity contribution in [2.45, 2.75) is 19.8 Å². The second-order valence-corrected chi connectivity index (χ2v) is 6.99. The lowest BCUT2D eigenvalue weighted by Crippen LogP contribution is -2.41. The third kappa shape index (κ3) is 3.63. The number of hydrogen-bond acceptors (Lipinski definition) is 5. The highest BCUT2D eigenvalue weighted by atomic mass is 32.1. The number of aliphatic hydroxyl groups is 1. The normalized spacial score (nSPS) is 19.5. The average molecular weight is 319 g/mol. The number of amides is 1. The van der Waals surface area contributed by atoms with Gasteiger partial charge in [-0.2, -0.15) is 0 Å². The van der Waals surface area contributed by atoms with Crippen molar-refractivity contribution in [3.05, 3.63) is 23.8 Å². The molecule has 0 spiro atoms. The summed E-state index contributed by atoms with van der Waals surface area (Å²) in [5, 5.41) is 12.8. The number of carbonyl (C=O) groups is 1. The van der Waals surface area contributed by atoms with E-state index < -0.39 is 0 Å². The van der Waals surface area contributed by atoms with Crippen LogP contribution in [-0.2, 0) is 4.79 Å². The molecule has 2 heterocycles. The van der Waals surface area contributed by atoms with Crippen LogP contribution in [0.4, 0.5) is 5.13 Å². The number of rotatable bonds is 4. The minimum absolute atomic E-state index is 0.0330. The van der Waals surface area contributed by atoms with E-state index in [9.17, 15) is 9.90 Å². The lowest BCUT2D eigenvalue weighted by atomic mass is 9.99. The van der Waals surface area contributed by atoms with Gasteiger partial charge in [-0.1, -0.05) is 17.4 Å². The number of aliphatic hydroxyl groups excluding tert-OH is 1. The number of aromatic nitrogens is 1. The van der Waals surface area contributed by atoms with Crippen LogP contribution in [0.3, 0.4) is 0 Å². The van der Waals surface area contributed by atoms with Gasteiger partial charge in [0, 0.05) is 13.2 Å². The number of likely N-dealkylation sites (tertiary alicyclic amines) is 1. The predicted octanol–water partition coefficient (Wildman–Crippen LogP) is 2.25. The third-order valence-corrected chi connectivity index (χ3v) is 4.95. The molecule has 0 saturated carbocycles. The Labute approximate surface area is 134 Å². The van der Waals surface area contributed by atoms with E-state index in [1.54, 1.807) is 0 Å². The molecule has 1 aliphatic heterocycles. The molecule has 1 unspecified atom stereocenters. The van der Waals surface area contributed by atoms with Crippen LogP contribution in [-0.4, -0.2) is 47.1 Å². The van der Waals surface area contributed by atoms with Crippen molar-refractivity contribution < 1.29 is 9.90 Å². The van der Waals surface area contributed by atoms with Crippen molar-refractivity contribution in [1.29, 1.82) is 0 Å². The molecule has 0 aliphatic carbocycles. The summed E-state index contributed by atoms with van der Waals surface area (Å²) in [6.07, 6.45) is 2.09. The van der Waals surface area contributed by atoms with Gasteiger partial charge >= 0.3 is 0 Å². The number of carbonyl (C=O) groups excluding carboxylic acids is 1. The summed E-state index contributed by atoms with van der Waals surface area (Å²) in [6, 6.07) is 6.09. The number of aryl methyl sites for hydroxylation is 1. The van der Waals surface area contributed by atoms with Crippen LogP contribution in [0.1, 0.15) is 18.4 Å². The highest BCUT2D eigenvalue weighted by molar-refractivity contribution is 7.22. The van der Waals surface area contributed by atoms with E-state index in [2.05, 4.69) is 21.3 Å². The molecule has 0 bridgehead atoms. The third-order valence-electron chi connectivity index (χ3n) is 4.02. The number of nitrogens with one attached hydrogen (secondary N) is 1. The minimum Gasteiger partial charge on any atom is -0.396 e. The quantitative estimate of drug-likeness (QED) is 0.907. The average Bonchev–Trinajstić information content (AvgIpc) is 2.88. The Balaban J connectivity index is 1.60.